The average Bonchev–Trinajstić information content (AvgIpc) is 3.21. The Morgan fingerprint density at radius 1 is 1.16 bits per heavy atom. The van der Waals surface area contributed by atoms with Crippen LogP contribution in [0.5, 0.6) is 0 Å². The molecule has 2 fully saturated rings. The summed E-state index contributed by atoms with van der Waals surface area (Å²) in [5, 5.41) is 6.22. The van der Waals surface area contributed by atoms with Gasteiger partial charge in [0.05, 0.1) is 19.1 Å². The molecule has 0 heterocycles. The van der Waals surface area contributed by atoms with E-state index in [2.05, 4.69) is 10.6 Å². The minimum absolute atomic E-state index is 0.00214. The fourth-order valence-corrected chi connectivity index (χ4v) is 2.59. The molecule has 0 aromatic heterocycles. The first-order chi connectivity index (χ1) is 9.19. The van der Waals surface area contributed by atoms with E-state index in [0.717, 1.165) is 38.5 Å². The summed E-state index contributed by atoms with van der Waals surface area (Å²) < 4.78 is 5.07. The first kappa shape index (κ1) is 14.3. The number of rotatable bonds is 6. The van der Waals surface area contributed by atoms with E-state index in [0.29, 0.717) is 19.2 Å². The molecular weight excluding hydrogens is 244 g/mol. The van der Waals surface area contributed by atoms with Gasteiger partial charge in [0, 0.05) is 12.1 Å². The SMILES string of the molecule is CCOC(=O)C1CCCC(NCC(=O)NC2CC2)C1. The molecule has 2 saturated carbocycles. The molecule has 0 bridgehead atoms. The van der Waals surface area contributed by atoms with Gasteiger partial charge in [0.1, 0.15) is 0 Å². The third kappa shape index (κ3) is 4.82. The highest BCUT2D eigenvalue weighted by atomic mass is 16.5. The molecule has 0 aromatic rings. The first-order valence-electron chi connectivity index (χ1n) is 7.38. The zero-order valence-corrected chi connectivity index (χ0v) is 11.6. The molecule has 108 valence electrons. The third-order valence-corrected chi connectivity index (χ3v) is 3.79. The van der Waals surface area contributed by atoms with Crippen molar-refractivity contribution in [2.75, 3.05) is 13.2 Å². The third-order valence-electron chi connectivity index (χ3n) is 3.79. The maximum absolute atomic E-state index is 11.7. The molecule has 0 spiro atoms. The number of hydrogen-bond acceptors (Lipinski definition) is 4. The first-order valence-corrected chi connectivity index (χ1v) is 7.38. The van der Waals surface area contributed by atoms with Gasteiger partial charge in [0.2, 0.25) is 5.91 Å². The van der Waals surface area contributed by atoms with Gasteiger partial charge in [-0.1, -0.05) is 6.42 Å². The van der Waals surface area contributed by atoms with Crippen LogP contribution in [-0.4, -0.2) is 37.1 Å². The fraction of sp³-hybridized carbons (Fsp3) is 0.857. The Morgan fingerprint density at radius 2 is 1.95 bits per heavy atom. The Morgan fingerprint density at radius 3 is 2.63 bits per heavy atom. The van der Waals surface area contributed by atoms with Gasteiger partial charge in [-0.15, -0.1) is 0 Å². The van der Waals surface area contributed by atoms with Crippen molar-refractivity contribution in [3.63, 3.8) is 0 Å². The smallest absolute Gasteiger partial charge is 0.308 e. The van der Waals surface area contributed by atoms with Crippen LogP contribution < -0.4 is 10.6 Å². The van der Waals surface area contributed by atoms with E-state index in [-0.39, 0.29) is 23.8 Å². The van der Waals surface area contributed by atoms with Crippen LogP contribution in [0.1, 0.15) is 45.4 Å². The Hall–Kier alpha value is -1.10. The zero-order chi connectivity index (χ0) is 13.7. The van der Waals surface area contributed by atoms with E-state index in [1.54, 1.807) is 0 Å². The molecule has 5 nitrogen and oxygen atoms in total. The molecule has 2 N–H and O–H groups in total. The fourth-order valence-electron chi connectivity index (χ4n) is 2.59. The zero-order valence-electron chi connectivity index (χ0n) is 11.6. The molecule has 2 aliphatic rings. The quantitative estimate of drug-likeness (QED) is 0.705. The number of carbonyl (C=O) groups is 2. The van der Waals surface area contributed by atoms with E-state index >= 15 is 0 Å². The summed E-state index contributed by atoms with van der Waals surface area (Å²) in [6.45, 7) is 2.63. The Bertz CT molecular complexity index is 329. The van der Waals surface area contributed by atoms with Crippen molar-refractivity contribution in [2.45, 2.75) is 57.5 Å². The van der Waals surface area contributed by atoms with Gasteiger partial charge >= 0.3 is 5.97 Å². The van der Waals surface area contributed by atoms with Crippen molar-refractivity contribution in [2.24, 2.45) is 5.92 Å². The number of amides is 1. The number of carbonyl (C=O) groups excluding carboxylic acids is 2. The van der Waals surface area contributed by atoms with Crippen LogP contribution in [0.2, 0.25) is 0 Å². The van der Waals surface area contributed by atoms with Crippen molar-refractivity contribution in [3.8, 4) is 0 Å². The molecule has 0 saturated heterocycles. The summed E-state index contributed by atoms with van der Waals surface area (Å²) >= 11 is 0. The van der Waals surface area contributed by atoms with E-state index in [4.69, 9.17) is 4.74 Å². The maximum Gasteiger partial charge on any atom is 0.308 e. The number of esters is 1. The van der Waals surface area contributed by atoms with Crippen LogP contribution in [-0.2, 0) is 14.3 Å². The minimum Gasteiger partial charge on any atom is -0.466 e. The van der Waals surface area contributed by atoms with Crippen molar-refractivity contribution in [3.05, 3.63) is 0 Å². The Kier molecular flexibility index (Phi) is 5.19. The van der Waals surface area contributed by atoms with Gasteiger partial charge in [-0.05, 0) is 39.0 Å². The molecule has 0 radical (unpaired) electrons. The van der Waals surface area contributed by atoms with Crippen LogP contribution >= 0.6 is 0 Å². The van der Waals surface area contributed by atoms with Crippen LogP contribution in [0.3, 0.4) is 0 Å². The van der Waals surface area contributed by atoms with Crippen molar-refractivity contribution in [1.82, 2.24) is 10.6 Å². The summed E-state index contributed by atoms with van der Waals surface area (Å²) in [6.07, 6.45) is 5.97. The van der Waals surface area contributed by atoms with Crippen molar-refractivity contribution >= 4 is 11.9 Å². The van der Waals surface area contributed by atoms with Gasteiger partial charge in [-0.3, -0.25) is 9.59 Å². The van der Waals surface area contributed by atoms with Gasteiger partial charge in [-0.25, -0.2) is 0 Å². The predicted octanol–water partition coefficient (Wildman–Crippen LogP) is 0.976. The molecule has 19 heavy (non-hydrogen) atoms. The number of ether oxygens (including phenoxy) is 1. The topological polar surface area (TPSA) is 67.4 Å². The summed E-state index contributed by atoms with van der Waals surface area (Å²) in [7, 11) is 0. The van der Waals surface area contributed by atoms with Crippen molar-refractivity contribution in [1.29, 1.82) is 0 Å². The van der Waals surface area contributed by atoms with E-state index < -0.39 is 0 Å². The van der Waals surface area contributed by atoms with Gasteiger partial charge in [0.15, 0.2) is 0 Å². The van der Waals surface area contributed by atoms with Gasteiger partial charge in [0.25, 0.3) is 0 Å². The lowest BCUT2D eigenvalue weighted by atomic mass is 9.86. The molecule has 0 aliphatic heterocycles. The molecule has 2 atom stereocenters. The molecular formula is C14H24N2O3. The van der Waals surface area contributed by atoms with Crippen LogP contribution in [0, 0.1) is 5.92 Å². The highest BCUT2D eigenvalue weighted by Crippen LogP contribution is 2.25. The Balaban J connectivity index is 1.68. The largest absolute Gasteiger partial charge is 0.466 e. The summed E-state index contributed by atoms with van der Waals surface area (Å²) in [5.41, 5.74) is 0. The molecule has 0 aromatic carbocycles. The van der Waals surface area contributed by atoms with E-state index in [9.17, 15) is 9.59 Å². The molecule has 2 aliphatic carbocycles. The second-order valence-corrected chi connectivity index (χ2v) is 5.54. The van der Waals surface area contributed by atoms with Crippen LogP contribution in [0.4, 0.5) is 0 Å². The normalized spacial score (nSPS) is 26.8. The number of nitrogens with one attached hydrogen (secondary N) is 2. The molecule has 2 rings (SSSR count). The molecule has 2 unspecified atom stereocenters. The Labute approximate surface area is 114 Å². The number of hydrogen-bond donors (Lipinski definition) is 2. The standard InChI is InChI=1S/C14H24N2O3/c1-2-19-14(18)10-4-3-5-12(8-10)15-9-13(17)16-11-6-7-11/h10-12,15H,2-9H2,1H3,(H,16,17). The van der Waals surface area contributed by atoms with Crippen molar-refractivity contribution < 1.29 is 14.3 Å². The summed E-state index contributed by atoms with van der Waals surface area (Å²) in [6, 6.07) is 0.668. The maximum atomic E-state index is 11.7. The lowest BCUT2D eigenvalue weighted by molar-refractivity contribution is -0.149. The van der Waals surface area contributed by atoms with Crippen LogP contribution in [0.15, 0.2) is 0 Å². The second-order valence-electron chi connectivity index (χ2n) is 5.54. The molecule has 1 amide bonds. The monoisotopic (exact) mass is 268 g/mol. The van der Waals surface area contributed by atoms with E-state index in [1.807, 2.05) is 6.92 Å². The summed E-state index contributed by atoms with van der Waals surface area (Å²) in [4.78, 5) is 23.3. The average molecular weight is 268 g/mol. The second kappa shape index (κ2) is 6.89. The van der Waals surface area contributed by atoms with Gasteiger partial charge in [-0.2, -0.15) is 0 Å². The highest BCUT2D eigenvalue weighted by Gasteiger charge is 2.28. The summed E-state index contributed by atoms with van der Waals surface area (Å²) in [5.74, 6) is -0.0186. The minimum atomic E-state index is -0.0866. The molecule has 5 heteroatoms. The lowest BCUT2D eigenvalue weighted by Crippen LogP contribution is -2.42. The van der Waals surface area contributed by atoms with Crippen LogP contribution in [0.25, 0.3) is 0 Å². The predicted molar refractivity (Wildman–Crippen MR) is 71.5 cm³/mol. The van der Waals surface area contributed by atoms with Gasteiger partial charge < -0.3 is 15.4 Å². The highest BCUT2D eigenvalue weighted by molar-refractivity contribution is 5.78. The lowest BCUT2D eigenvalue weighted by Gasteiger charge is -2.28. The van der Waals surface area contributed by atoms with E-state index in [1.165, 1.54) is 0 Å².